The molecule has 84 valence electrons. The van der Waals surface area contributed by atoms with Crippen molar-refractivity contribution in [1.82, 2.24) is 9.97 Å². The molecular weight excluding hydrogens is 238 g/mol. The van der Waals surface area contributed by atoms with Crippen molar-refractivity contribution in [2.75, 3.05) is 0 Å². The highest BCUT2D eigenvalue weighted by molar-refractivity contribution is 7.17. The summed E-state index contributed by atoms with van der Waals surface area (Å²) in [6, 6.07) is 5.15. The van der Waals surface area contributed by atoms with Crippen molar-refractivity contribution < 1.29 is 4.79 Å². The zero-order valence-corrected chi connectivity index (χ0v) is 9.68. The number of hydrogen-bond donors (Lipinski definition) is 0. The van der Waals surface area contributed by atoms with Crippen LogP contribution < -0.4 is 0 Å². The molecule has 0 aliphatic carbocycles. The maximum atomic E-state index is 11.3. The Balaban J connectivity index is 2.36. The Morgan fingerprint density at radius 2 is 2.29 bits per heavy atom. The largest absolute Gasteiger partial charge is 0.286 e. The van der Waals surface area contributed by atoms with Crippen LogP contribution in [0.25, 0.3) is 21.0 Å². The van der Waals surface area contributed by atoms with E-state index in [4.69, 9.17) is 5.53 Å². The first-order chi connectivity index (χ1) is 8.20. The van der Waals surface area contributed by atoms with Gasteiger partial charge in [0.2, 0.25) is 0 Å². The fourth-order valence-corrected chi connectivity index (χ4v) is 2.13. The minimum atomic E-state index is -0.575. The van der Waals surface area contributed by atoms with Gasteiger partial charge in [-0.15, -0.1) is 11.3 Å². The van der Waals surface area contributed by atoms with Crippen LogP contribution in [0.4, 0.5) is 0 Å². The van der Waals surface area contributed by atoms with Crippen LogP contribution in [0.3, 0.4) is 0 Å². The summed E-state index contributed by atoms with van der Waals surface area (Å²) >= 11 is 1.24. The normalized spacial score (nSPS) is 9.71. The zero-order valence-electron chi connectivity index (χ0n) is 8.86. The molecule has 2 aromatic rings. The molecule has 2 heterocycles. The second kappa shape index (κ2) is 4.73. The third-order valence-corrected chi connectivity index (χ3v) is 3.08. The fraction of sp³-hybridized carbons (Fsp3) is 0.100. The van der Waals surface area contributed by atoms with Crippen molar-refractivity contribution in [2.45, 2.75) is 6.92 Å². The van der Waals surface area contributed by atoms with Gasteiger partial charge in [0.05, 0.1) is 15.4 Å². The molecule has 0 unspecified atom stereocenters. The van der Waals surface area contributed by atoms with Gasteiger partial charge < -0.3 is 0 Å². The van der Waals surface area contributed by atoms with Crippen LogP contribution in [0.1, 0.15) is 15.5 Å². The van der Waals surface area contributed by atoms with Gasteiger partial charge in [-0.2, -0.15) is 0 Å². The first kappa shape index (κ1) is 11.3. The molecule has 1 amide bonds. The highest BCUT2D eigenvalue weighted by Gasteiger charge is 2.09. The van der Waals surface area contributed by atoms with Crippen LogP contribution in [0.2, 0.25) is 0 Å². The average Bonchev–Trinajstić information content (AvgIpc) is 2.78. The van der Waals surface area contributed by atoms with E-state index in [1.54, 1.807) is 31.3 Å². The number of carbonyl (C=O) groups excluding carboxylic acids is 1. The number of carbonyl (C=O) groups is 1. The van der Waals surface area contributed by atoms with E-state index in [0.29, 0.717) is 10.7 Å². The Morgan fingerprint density at radius 1 is 1.47 bits per heavy atom. The number of azide groups is 1. The zero-order chi connectivity index (χ0) is 12.3. The number of amides is 1. The van der Waals surface area contributed by atoms with Crippen LogP contribution in [-0.2, 0) is 0 Å². The SMILES string of the molecule is Cc1nccc(-c2ccc(C(=O)N=[N+]=[N-])s2)n1. The molecule has 0 bridgehead atoms. The van der Waals surface area contributed by atoms with Crippen LogP contribution in [0, 0.1) is 6.92 Å². The highest BCUT2D eigenvalue weighted by atomic mass is 32.1. The Kier molecular flexibility index (Phi) is 3.13. The van der Waals surface area contributed by atoms with Gasteiger partial charge >= 0.3 is 0 Å². The molecule has 2 rings (SSSR count). The molecule has 0 aliphatic heterocycles. The number of aryl methyl sites for hydroxylation is 1. The number of nitrogens with zero attached hydrogens (tertiary/aromatic N) is 5. The van der Waals surface area contributed by atoms with E-state index in [1.165, 1.54) is 11.3 Å². The molecule has 0 aliphatic rings. The molecule has 17 heavy (non-hydrogen) atoms. The van der Waals surface area contributed by atoms with E-state index >= 15 is 0 Å². The molecule has 0 fully saturated rings. The van der Waals surface area contributed by atoms with Crippen molar-refractivity contribution in [2.24, 2.45) is 5.11 Å². The summed E-state index contributed by atoms with van der Waals surface area (Å²) in [5.74, 6) is 0.0911. The van der Waals surface area contributed by atoms with Crippen molar-refractivity contribution in [3.8, 4) is 10.6 Å². The minimum absolute atomic E-state index is 0.397. The Bertz CT molecular complexity index is 615. The van der Waals surface area contributed by atoms with E-state index in [9.17, 15) is 4.79 Å². The summed E-state index contributed by atoms with van der Waals surface area (Å²) in [5, 5.41) is 3.04. The molecule has 0 N–H and O–H groups in total. The topological polar surface area (TPSA) is 91.6 Å². The Labute approximate surface area is 101 Å². The van der Waals surface area contributed by atoms with Crippen molar-refractivity contribution in [3.63, 3.8) is 0 Å². The first-order valence-electron chi connectivity index (χ1n) is 4.70. The van der Waals surface area contributed by atoms with E-state index < -0.39 is 5.91 Å². The molecule has 0 spiro atoms. The molecule has 2 aromatic heterocycles. The van der Waals surface area contributed by atoms with E-state index in [2.05, 4.69) is 20.0 Å². The monoisotopic (exact) mass is 245 g/mol. The summed E-state index contributed by atoms with van der Waals surface area (Å²) in [4.78, 5) is 23.3. The molecule has 6 nitrogen and oxygen atoms in total. The summed E-state index contributed by atoms with van der Waals surface area (Å²) < 4.78 is 0. The first-order valence-corrected chi connectivity index (χ1v) is 5.51. The molecule has 0 saturated heterocycles. The van der Waals surface area contributed by atoms with Gasteiger partial charge in [-0.1, -0.05) is 0 Å². The molecule has 0 atom stereocenters. The molecule has 7 heteroatoms. The maximum Gasteiger partial charge on any atom is 0.259 e. The smallest absolute Gasteiger partial charge is 0.259 e. The van der Waals surface area contributed by atoms with Gasteiger partial charge in [0, 0.05) is 11.1 Å². The second-order valence-electron chi connectivity index (χ2n) is 3.15. The summed E-state index contributed by atoms with van der Waals surface area (Å²) in [6.45, 7) is 1.79. The van der Waals surface area contributed by atoms with Crippen molar-refractivity contribution in [1.29, 1.82) is 0 Å². The standard InChI is InChI=1S/C10H7N5OS/c1-6-12-5-4-7(13-6)8-2-3-9(17-8)10(16)14-15-11/h2-5H,1H3. The fourth-order valence-electron chi connectivity index (χ4n) is 1.27. The quantitative estimate of drug-likeness (QED) is 0.462. The maximum absolute atomic E-state index is 11.3. The van der Waals surface area contributed by atoms with E-state index in [0.717, 1.165) is 10.6 Å². The Hall–Kier alpha value is -2.24. The van der Waals surface area contributed by atoms with Crippen molar-refractivity contribution in [3.05, 3.63) is 45.5 Å². The van der Waals surface area contributed by atoms with Gasteiger partial charge in [-0.3, -0.25) is 4.79 Å². The lowest BCUT2D eigenvalue weighted by molar-refractivity contribution is 0.100. The van der Waals surface area contributed by atoms with Gasteiger partial charge in [0.1, 0.15) is 5.82 Å². The van der Waals surface area contributed by atoms with Gasteiger partial charge in [-0.05, 0) is 35.8 Å². The minimum Gasteiger partial charge on any atom is -0.286 e. The lowest BCUT2D eigenvalue weighted by atomic mass is 10.3. The van der Waals surface area contributed by atoms with Crippen LogP contribution in [0.15, 0.2) is 29.5 Å². The van der Waals surface area contributed by atoms with E-state index in [1.807, 2.05) is 0 Å². The predicted octanol–water partition coefficient (Wildman–Crippen LogP) is 2.96. The molecule has 0 aromatic carbocycles. The number of hydrogen-bond acceptors (Lipinski definition) is 4. The summed E-state index contributed by atoms with van der Waals surface area (Å²) in [6.07, 6.45) is 1.66. The van der Waals surface area contributed by atoms with Crippen LogP contribution >= 0.6 is 11.3 Å². The summed E-state index contributed by atoms with van der Waals surface area (Å²) in [7, 11) is 0. The second-order valence-corrected chi connectivity index (χ2v) is 4.23. The number of rotatable bonds is 2. The number of aromatic nitrogens is 2. The van der Waals surface area contributed by atoms with Crippen LogP contribution in [0.5, 0.6) is 0 Å². The third kappa shape index (κ3) is 2.47. The van der Waals surface area contributed by atoms with Gasteiger partial charge in [0.15, 0.2) is 0 Å². The molecular formula is C10H7N5OS. The highest BCUT2D eigenvalue weighted by Crippen LogP contribution is 2.26. The third-order valence-electron chi connectivity index (χ3n) is 1.98. The van der Waals surface area contributed by atoms with Crippen molar-refractivity contribution >= 4 is 17.2 Å². The van der Waals surface area contributed by atoms with E-state index in [-0.39, 0.29) is 0 Å². The van der Waals surface area contributed by atoms with Gasteiger partial charge in [0.25, 0.3) is 5.91 Å². The average molecular weight is 245 g/mol. The molecule has 0 saturated carbocycles. The van der Waals surface area contributed by atoms with Crippen LogP contribution in [-0.4, -0.2) is 15.9 Å². The lowest BCUT2D eigenvalue weighted by Crippen LogP contribution is -1.88. The lowest BCUT2D eigenvalue weighted by Gasteiger charge is -1.96. The van der Waals surface area contributed by atoms with Gasteiger partial charge in [-0.25, -0.2) is 9.97 Å². The predicted molar refractivity (Wildman–Crippen MR) is 63.6 cm³/mol. The Morgan fingerprint density at radius 3 is 3.00 bits per heavy atom. The number of thiophene rings is 1. The summed E-state index contributed by atoms with van der Waals surface area (Å²) in [5.41, 5.74) is 8.93. The molecule has 0 radical (unpaired) electrons.